The van der Waals surface area contributed by atoms with E-state index in [0.717, 1.165) is 52.1 Å². The van der Waals surface area contributed by atoms with Crippen LogP contribution in [0.3, 0.4) is 0 Å². The summed E-state index contributed by atoms with van der Waals surface area (Å²) < 4.78 is 22.5. The van der Waals surface area contributed by atoms with Crippen molar-refractivity contribution in [3.63, 3.8) is 0 Å². The molecule has 0 spiro atoms. The maximum absolute atomic E-state index is 6.30. The minimum absolute atomic E-state index is 0.440. The van der Waals surface area contributed by atoms with Crippen LogP contribution in [0.5, 0.6) is 17.2 Å². The lowest BCUT2D eigenvalue weighted by molar-refractivity contribution is 0.146. The highest BCUT2D eigenvalue weighted by atomic mass is 16.5. The summed E-state index contributed by atoms with van der Waals surface area (Å²) in [4.78, 5) is 4.65. The zero-order valence-electron chi connectivity index (χ0n) is 17.5. The molecule has 0 atom stereocenters. The van der Waals surface area contributed by atoms with Gasteiger partial charge in [0.2, 0.25) is 0 Å². The van der Waals surface area contributed by atoms with Crippen LogP contribution in [-0.2, 0) is 4.74 Å². The van der Waals surface area contributed by atoms with E-state index in [4.69, 9.17) is 18.9 Å². The number of hydrogen-bond donors (Lipinski definition) is 1. The molecule has 0 saturated carbocycles. The second kappa shape index (κ2) is 9.05. The zero-order chi connectivity index (χ0) is 20.9. The molecule has 6 heteroatoms. The largest absolute Gasteiger partial charge is 0.493 e. The summed E-state index contributed by atoms with van der Waals surface area (Å²) in [7, 11) is 4.95. The molecule has 0 saturated heterocycles. The molecule has 30 heavy (non-hydrogen) atoms. The predicted molar refractivity (Wildman–Crippen MR) is 119 cm³/mol. The second-order valence-electron chi connectivity index (χ2n) is 6.92. The topological polar surface area (TPSA) is 61.3 Å². The second-order valence-corrected chi connectivity index (χ2v) is 6.92. The minimum atomic E-state index is 0.440. The van der Waals surface area contributed by atoms with Crippen LogP contribution < -0.4 is 19.5 Å². The number of benzene rings is 3. The number of nitrogens with one attached hydrogen (secondary N) is 1. The lowest BCUT2D eigenvalue weighted by Gasteiger charge is -2.20. The van der Waals surface area contributed by atoms with Crippen molar-refractivity contribution < 1.29 is 18.9 Å². The molecule has 4 rings (SSSR count). The fourth-order valence-electron chi connectivity index (χ4n) is 3.74. The SMILES string of the molecule is COCCOc1c(C2=NCCN2)cc2ccccc2c1-c1ccc(OC)c(OC)c1. The van der Waals surface area contributed by atoms with E-state index in [-0.39, 0.29) is 0 Å². The Hall–Kier alpha value is -3.25. The molecule has 0 unspecified atom stereocenters. The Morgan fingerprint density at radius 1 is 0.933 bits per heavy atom. The first kappa shape index (κ1) is 20.0. The lowest BCUT2D eigenvalue weighted by Crippen LogP contribution is -2.21. The van der Waals surface area contributed by atoms with Crippen molar-refractivity contribution in [3.05, 3.63) is 54.1 Å². The van der Waals surface area contributed by atoms with Crippen LogP contribution in [0.25, 0.3) is 21.9 Å². The molecule has 0 fully saturated rings. The van der Waals surface area contributed by atoms with Crippen molar-refractivity contribution in [3.8, 4) is 28.4 Å². The Bertz CT molecular complexity index is 1080. The summed E-state index contributed by atoms with van der Waals surface area (Å²) in [5, 5.41) is 5.60. The molecule has 0 bridgehead atoms. The number of ether oxygens (including phenoxy) is 4. The molecule has 0 radical (unpaired) electrons. The Morgan fingerprint density at radius 2 is 1.77 bits per heavy atom. The first-order valence-corrected chi connectivity index (χ1v) is 9.95. The molecule has 0 aliphatic carbocycles. The monoisotopic (exact) mass is 406 g/mol. The molecule has 0 amide bonds. The number of amidine groups is 1. The molecule has 1 aliphatic rings. The van der Waals surface area contributed by atoms with Gasteiger partial charge in [-0.05, 0) is 34.5 Å². The van der Waals surface area contributed by atoms with Crippen molar-refractivity contribution in [2.75, 3.05) is 47.6 Å². The average Bonchev–Trinajstić information content (AvgIpc) is 3.33. The molecular weight excluding hydrogens is 380 g/mol. The van der Waals surface area contributed by atoms with Gasteiger partial charge >= 0.3 is 0 Å². The van der Waals surface area contributed by atoms with E-state index < -0.39 is 0 Å². The maximum atomic E-state index is 6.30. The standard InChI is InChI=1S/C24H26N2O4/c1-27-12-13-30-23-19(24-25-10-11-26-24)14-16-6-4-5-7-18(16)22(23)17-8-9-20(28-2)21(15-17)29-3/h4-9,14-15H,10-13H2,1-3H3,(H,25,26). The fourth-order valence-corrected chi connectivity index (χ4v) is 3.74. The Balaban J connectivity index is 1.99. The van der Waals surface area contributed by atoms with Crippen LogP contribution in [-0.4, -0.2) is 53.5 Å². The van der Waals surface area contributed by atoms with E-state index in [1.54, 1.807) is 21.3 Å². The van der Waals surface area contributed by atoms with E-state index >= 15 is 0 Å². The van der Waals surface area contributed by atoms with E-state index in [1.165, 1.54) is 0 Å². The summed E-state index contributed by atoms with van der Waals surface area (Å²) >= 11 is 0. The van der Waals surface area contributed by atoms with Crippen LogP contribution in [0.15, 0.2) is 53.5 Å². The number of hydrogen-bond acceptors (Lipinski definition) is 6. The maximum Gasteiger partial charge on any atom is 0.161 e. The third-order valence-electron chi connectivity index (χ3n) is 5.14. The molecule has 1 N–H and O–H groups in total. The molecule has 6 nitrogen and oxygen atoms in total. The van der Waals surface area contributed by atoms with E-state index in [0.29, 0.717) is 24.7 Å². The molecule has 156 valence electrons. The highest BCUT2D eigenvalue weighted by Crippen LogP contribution is 2.43. The van der Waals surface area contributed by atoms with Crippen molar-refractivity contribution in [2.24, 2.45) is 4.99 Å². The third kappa shape index (κ3) is 3.78. The van der Waals surface area contributed by atoms with Crippen LogP contribution in [0.4, 0.5) is 0 Å². The van der Waals surface area contributed by atoms with Gasteiger partial charge in [0.15, 0.2) is 11.5 Å². The zero-order valence-corrected chi connectivity index (χ0v) is 17.5. The Kier molecular flexibility index (Phi) is 6.05. The summed E-state index contributed by atoms with van der Waals surface area (Å²) in [6.45, 7) is 2.52. The van der Waals surface area contributed by atoms with Crippen LogP contribution in [0, 0.1) is 0 Å². The van der Waals surface area contributed by atoms with E-state index in [1.807, 2.05) is 30.3 Å². The first-order valence-electron chi connectivity index (χ1n) is 9.95. The van der Waals surface area contributed by atoms with Crippen molar-refractivity contribution in [1.29, 1.82) is 0 Å². The Morgan fingerprint density at radius 3 is 2.50 bits per heavy atom. The number of nitrogens with zero attached hydrogens (tertiary/aromatic N) is 1. The highest BCUT2D eigenvalue weighted by Gasteiger charge is 2.22. The normalized spacial score (nSPS) is 13.1. The molecular formula is C24H26N2O4. The van der Waals surface area contributed by atoms with Gasteiger partial charge in [-0.15, -0.1) is 0 Å². The summed E-state index contributed by atoms with van der Waals surface area (Å²) in [6.07, 6.45) is 0. The lowest BCUT2D eigenvalue weighted by atomic mass is 9.93. The minimum Gasteiger partial charge on any atom is -0.493 e. The smallest absolute Gasteiger partial charge is 0.161 e. The number of methoxy groups -OCH3 is 3. The van der Waals surface area contributed by atoms with Gasteiger partial charge in [-0.1, -0.05) is 30.3 Å². The molecule has 1 heterocycles. The van der Waals surface area contributed by atoms with E-state index in [9.17, 15) is 0 Å². The van der Waals surface area contributed by atoms with Crippen molar-refractivity contribution in [1.82, 2.24) is 5.32 Å². The molecule has 0 aromatic heterocycles. The van der Waals surface area contributed by atoms with Gasteiger partial charge < -0.3 is 24.3 Å². The number of fused-ring (bicyclic) bond motifs is 1. The number of rotatable bonds is 8. The van der Waals surface area contributed by atoms with Gasteiger partial charge in [-0.3, -0.25) is 4.99 Å². The van der Waals surface area contributed by atoms with Gasteiger partial charge in [-0.25, -0.2) is 0 Å². The Labute approximate surface area is 176 Å². The van der Waals surface area contributed by atoms with Crippen LogP contribution >= 0.6 is 0 Å². The van der Waals surface area contributed by atoms with Gasteiger partial charge in [0, 0.05) is 19.2 Å². The molecule has 1 aliphatic heterocycles. The van der Waals surface area contributed by atoms with Crippen LogP contribution in [0.2, 0.25) is 0 Å². The van der Waals surface area contributed by atoms with Gasteiger partial charge in [0.25, 0.3) is 0 Å². The quantitative estimate of drug-likeness (QED) is 0.575. The average molecular weight is 406 g/mol. The van der Waals surface area contributed by atoms with Crippen molar-refractivity contribution in [2.45, 2.75) is 0 Å². The van der Waals surface area contributed by atoms with Gasteiger partial charge in [-0.2, -0.15) is 0 Å². The molecule has 3 aromatic carbocycles. The summed E-state index contributed by atoms with van der Waals surface area (Å²) in [5.41, 5.74) is 2.93. The van der Waals surface area contributed by atoms with E-state index in [2.05, 4.69) is 28.5 Å². The summed E-state index contributed by atoms with van der Waals surface area (Å²) in [6, 6.07) is 16.4. The summed E-state index contributed by atoms with van der Waals surface area (Å²) in [5.74, 6) is 3.00. The first-order chi connectivity index (χ1) is 14.8. The van der Waals surface area contributed by atoms with Gasteiger partial charge in [0.1, 0.15) is 18.2 Å². The van der Waals surface area contributed by atoms with Crippen LogP contribution in [0.1, 0.15) is 5.56 Å². The highest BCUT2D eigenvalue weighted by molar-refractivity contribution is 6.11. The third-order valence-corrected chi connectivity index (χ3v) is 5.14. The molecule has 3 aromatic rings. The fraction of sp³-hybridized carbons (Fsp3) is 0.292. The predicted octanol–water partition coefficient (Wildman–Crippen LogP) is 3.90. The van der Waals surface area contributed by atoms with Gasteiger partial charge in [0.05, 0.1) is 32.9 Å². The number of aliphatic imine (C=N–C) groups is 1. The van der Waals surface area contributed by atoms with Crippen molar-refractivity contribution >= 4 is 16.6 Å².